The van der Waals surface area contributed by atoms with Crippen LogP contribution in [0.1, 0.15) is 24.1 Å². The van der Waals surface area contributed by atoms with Crippen LogP contribution in [0.25, 0.3) is 10.8 Å². The average molecular weight is 413 g/mol. The zero-order valence-electron chi connectivity index (χ0n) is 16.3. The summed E-state index contributed by atoms with van der Waals surface area (Å²) in [6, 6.07) is 21.0. The molecule has 0 aliphatic rings. The first-order chi connectivity index (χ1) is 13.8. The third kappa shape index (κ3) is 5.63. The fraction of sp³-hybridized carbons (Fsp3) is 0.227. The van der Waals surface area contributed by atoms with Crippen LogP contribution in [-0.4, -0.2) is 27.4 Å². The van der Waals surface area contributed by atoms with Gasteiger partial charge in [-0.1, -0.05) is 54.6 Å². The second-order valence-corrected chi connectivity index (χ2v) is 8.65. The Bertz CT molecular complexity index is 1090. The first-order valence-corrected chi connectivity index (χ1v) is 11.1. The molecule has 3 aromatic carbocycles. The molecule has 1 atom stereocenters. The van der Waals surface area contributed by atoms with Crippen molar-refractivity contribution in [3.63, 3.8) is 0 Å². The number of fused-ring (bicyclic) bond motifs is 1. The zero-order chi connectivity index (χ0) is 20.9. The molecule has 0 aliphatic carbocycles. The highest BCUT2D eigenvalue weighted by atomic mass is 32.2. The van der Waals surface area contributed by atoms with Crippen LogP contribution >= 0.6 is 0 Å². The molecule has 0 spiro atoms. The minimum Gasteiger partial charge on any atom is -0.351 e. The van der Waals surface area contributed by atoms with Gasteiger partial charge in [0.2, 0.25) is 10.0 Å². The molecule has 0 aliphatic heterocycles. The van der Waals surface area contributed by atoms with E-state index in [0.717, 1.165) is 5.56 Å². The number of hydrogen-bond acceptors (Lipinski definition) is 3. The zero-order valence-corrected chi connectivity index (χ0v) is 17.2. The molecule has 1 amide bonds. The van der Waals surface area contributed by atoms with E-state index in [9.17, 15) is 13.2 Å². The van der Waals surface area contributed by atoms with Crippen LogP contribution in [0.2, 0.25) is 0 Å². The SMILES string of the molecule is C[C@H]([NH2+]CC(=O)NCCc1ccc(S(N)(=O)=O)cc1)c1cccc2ccccc12. The topological polar surface area (TPSA) is 106 Å². The molecule has 0 bridgehead atoms. The van der Waals surface area contributed by atoms with Gasteiger partial charge in [-0.2, -0.15) is 0 Å². The van der Waals surface area contributed by atoms with E-state index in [1.165, 1.54) is 28.5 Å². The van der Waals surface area contributed by atoms with Crippen molar-refractivity contribution >= 4 is 26.7 Å². The summed E-state index contributed by atoms with van der Waals surface area (Å²) in [7, 11) is -3.68. The van der Waals surface area contributed by atoms with Crippen LogP contribution in [0.5, 0.6) is 0 Å². The number of benzene rings is 3. The summed E-state index contributed by atoms with van der Waals surface area (Å²) in [5.74, 6) is -0.0294. The molecular formula is C22H26N3O3S+. The lowest BCUT2D eigenvalue weighted by molar-refractivity contribution is -0.682. The summed E-state index contributed by atoms with van der Waals surface area (Å²) in [5, 5.41) is 12.4. The largest absolute Gasteiger partial charge is 0.351 e. The normalized spacial score (nSPS) is 12.6. The minimum atomic E-state index is -3.68. The summed E-state index contributed by atoms with van der Waals surface area (Å²) in [6.45, 7) is 2.93. The maximum Gasteiger partial charge on any atom is 0.275 e. The quantitative estimate of drug-likeness (QED) is 0.522. The smallest absolute Gasteiger partial charge is 0.275 e. The van der Waals surface area contributed by atoms with Crippen molar-refractivity contribution in [3.8, 4) is 0 Å². The number of quaternary nitrogens is 1. The maximum atomic E-state index is 12.2. The van der Waals surface area contributed by atoms with Gasteiger partial charge in [0.15, 0.2) is 6.54 Å². The molecule has 3 rings (SSSR count). The molecule has 152 valence electrons. The number of nitrogens with two attached hydrogens (primary N) is 2. The lowest BCUT2D eigenvalue weighted by atomic mass is 10.00. The Morgan fingerprint density at radius 1 is 1.03 bits per heavy atom. The summed E-state index contributed by atoms with van der Waals surface area (Å²) < 4.78 is 22.5. The standard InChI is InChI=1S/C22H25N3O3S/c1-16(20-8-4-6-18-5-2-3-7-21(18)20)25-15-22(26)24-14-13-17-9-11-19(12-10-17)29(23,27)28/h2-12,16,25H,13-15H2,1H3,(H,24,26)(H2,23,27,28)/p+1/t16-/m0/s1. The lowest BCUT2D eigenvalue weighted by Crippen LogP contribution is -2.87. The van der Waals surface area contributed by atoms with E-state index in [2.05, 4.69) is 36.5 Å². The third-order valence-corrected chi connectivity index (χ3v) is 5.89. The highest BCUT2D eigenvalue weighted by molar-refractivity contribution is 7.89. The first-order valence-electron chi connectivity index (χ1n) is 9.54. The second kappa shape index (κ2) is 9.17. The molecule has 29 heavy (non-hydrogen) atoms. The Morgan fingerprint density at radius 2 is 1.72 bits per heavy atom. The Morgan fingerprint density at radius 3 is 2.45 bits per heavy atom. The summed E-state index contributed by atoms with van der Waals surface area (Å²) in [4.78, 5) is 12.3. The van der Waals surface area contributed by atoms with Crippen LogP contribution in [0.4, 0.5) is 0 Å². The predicted octanol–water partition coefficient (Wildman–Crippen LogP) is 1.47. The van der Waals surface area contributed by atoms with Crippen molar-refractivity contribution < 1.29 is 18.5 Å². The minimum absolute atomic E-state index is 0.0294. The third-order valence-electron chi connectivity index (χ3n) is 4.96. The Kier molecular flexibility index (Phi) is 6.64. The van der Waals surface area contributed by atoms with Crippen LogP contribution in [0, 0.1) is 0 Å². The maximum absolute atomic E-state index is 12.2. The number of hydrogen-bond donors (Lipinski definition) is 3. The van der Waals surface area contributed by atoms with Crippen LogP contribution in [0.3, 0.4) is 0 Å². The number of carbonyl (C=O) groups excluding carboxylic acids is 1. The number of nitrogens with one attached hydrogen (secondary N) is 1. The molecule has 0 aromatic heterocycles. The summed E-state index contributed by atoms with van der Waals surface area (Å²) >= 11 is 0. The van der Waals surface area contributed by atoms with Gasteiger partial charge in [-0.15, -0.1) is 0 Å². The highest BCUT2D eigenvalue weighted by Gasteiger charge is 2.14. The molecule has 0 unspecified atom stereocenters. The fourth-order valence-corrected chi connectivity index (χ4v) is 3.84. The van der Waals surface area contributed by atoms with E-state index < -0.39 is 10.0 Å². The number of amides is 1. The van der Waals surface area contributed by atoms with E-state index in [1.807, 2.05) is 23.5 Å². The van der Waals surface area contributed by atoms with Gasteiger partial charge >= 0.3 is 0 Å². The van der Waals surface area contributed by atoms with E-state index >= 15 is 0 Å². The molecule has 6 nitrogen and oxygen atoms in total. The predicted molar refractivity (Wildman–Crippen MR) is 114 cm³/mol. The Balaban J connectivity index is 1.47. The summed E-state index contributed by atoms with van der Waals surface area (Å²) in [5.41, 5.74) is 2.15. The molecule has 0 saturated heterocycles. The van der Waals surface area contributed by atoms with Crippen LogP contribution in [-0.2, 0) is 21.2 Å². The number of primary sulfonamides is 1. The van der Waals surface area contributed by atoms with Gasteiger partial charge in [-0.3, -0.25) is 4.79 Å². The van der Waals surface area contributed by atoms with Crippen LogP contribution in [0.15, 0.2) is 71.6 Å². The fourth-order valence-electron chi connectivity index (χ4n) is 3.32. The molecule has 0 heterocycles. The van der Waals surface area contributed by atoms with Gasteiger partial charge < -0.3 is 10.6 Å². The molecule has 0 saturated carbocycles. The van der Waals surface area contributed by atoms with E-state index in [0.29, 0.717) is 19.5 Å². The van der Waals surface area contributed by atoms with Crippen molar-refractivity contribution in [2.45, 2.75) is 24.3 Å². The number of sulfonamides is 1. The van der Waals surface area contributed by atoms with E-state index in [-0.39, 0.29) is 16.8 Å². The Hall–Kier alpha value is -2.74. The van der Waals surface area contributed by atoms with Crippen molar-refractivity contribution in [3.05, 3.63) is 77.9 Å². The monoisotopic (exact) mass is 412 g/mol. The molecule has 5 N–H and O–H groups in total. The molecule has 3 aromatic rings. The summed E-state index contributed by atoms with van der Waals surface area (Å²) in [6.07, 6.45) is 0.621. The van der Waals surface area contributed by atoms with Crippen molar-refractivity contribution in [1.29, 1.82) is 0 Å². The average Bonchev–Trinajstić information content (AvgIpc) is 2.71. The molecule has 7 heteroatoms. The van der Waals surface area contributed by atoms with Gasteiger partial charge in [-0.25, -0.2) is 13.6 Å². The van der Waals surface area contributed by atoms with Gasteiger partial charge in [0.1, 0.15) is 6.04 Å². The van der Waals surface area contributed by atoms with Gasteiger partial charge in [0, 0.05) is 12.1 Å². The Labute approximate surface area is 171 Å². The van der Waals surface area contributed by atoms with E-state index in [1.54, 1.807) is 12.1 Å². The highest BCUT2D eigenvalue weighted by Crippen LogP contribution is 2.21. The van der Waals surface area contributed by atoms with E-state index in [4.69, 9.17) is 5.14 Å². The van der Waals surface area contributed by atoms with Crippen molar-refractivity contribution in [2.75, 3.05) is 13.1 Å². The molecule has 0 radical (unpaired) electrons. The lowest BCUT2D eigenvalue weighted by Gasteiger charge is -2.14. The molecular weight excluding hydrogens is 386 g/mol. The van der Waals surface area contributed by atoms with Gasteiger partial charge in [0.05, 0.1) is 4.90 Å². The number of carbonyl (C=O) groups is 1. The van der Waals surface area contributed by atoms with Crippen molar-refractivity contribution in [2.24, 2.45) is 5.14 Å². The van der Waals surface area contributed by atoms with Crippen molar-refractivity contribution in [1.82, 2.24) is 5.32 Å². The number of rotatable bonds is 8. The molecule has 0 fully saturated rings. The van der Waals surface area contributed by atoms with Crippen LogP contribution < -0.4 is 15.8 Å². The van der Waals surface area contributed by atoms with Gasteiger partial charge in [-0.05, 0) is 41.8 Å². The second-order valence-electron chi connectivity index (χ2n) is 7.09. The van der Waals surface area contributed by atoms with Gasteiger partial charge in [0.25, 0.3) is 5.91 Å². The first kappa shape index (κ1) is 21.0.